The maximum absolute atomic E-state index is 11.6. The maximum atomic E-state index is 11.6. The number of hydrogen-bond acceptors (Lipinski definition) is 3. The van der Waals surface area contributed by atoms with Crippen molar-refractivity contribution in [2.24, 2.45) is 0 Å². The third-order valence-corrected chi connectivity index (χ3v) is 2.05. The third-order valence-electron chi connectivity index (χ3n) is 2.05. The first-order chi connectivity index (χ1) is 7.78. The van der Waals surface area contributed by atoms with Crippen molar-refractivity contribution in [3.05, 3.63) is 12.4 Å². The number of hydrogen-bond donors (Lipinski definition) is 1. The molecule has 96 valence electrons. The molecule has 0 unspecified atom stereocenters. The van der Waals surface area contributed by atoms with Crippen LogP contribution in [0.2, 0.25) is 0 Å². The summed E-state index contributed by atoms with van der Waals surface area (Å²) in [5.74, 6) is -0.164. The highest BCUT2D eigenvalue weighted by Gasteiger charge is 2.13. The molecule has 0 aliphatic heterocycles. The molecule has 0 aliphatic rings. The minimum Gasteiger partial charge on any atom is -0.366 e. The number of anilines is 1. The van der Waals surface area contributed by atoms with Crippen molar-refractivity contribution in [3.8, 4) is 0 Å². The SMILES string of the molecule is CC(C)n1cc(NC(=O)COC(C)(C)C)cn1. The Morgan fingerprint density at radius 1 is 1.53 bits per heavy atom. The molecule has 1 N–H and O–H groups in total. The lowest BCUT2D eigenvalue weighted by Gasteiger charge is -2.18. The summed E-state index contributed by atoms with van der Waals surface area (Å²) in [6.45, 7) is 9.85. The number of nitrogens with zero attached hydrogens (tertiary/aromatic N) is 2. The van der Waals surface area contributed by atoms with Crippen LogP contribution in [0.15, 0.2) is 12.4 Å². The van der Waals surface area contributed by atoms with Crippen LogP contribution in [0.5, 0.6) is 0 Å². The number of ether oxygens (including phenoxy) is 1. The number of carbonyl (C=O) groups is 1. The van der Waals surface area contributed by atoms with Crippen LogP contribution in [0, 0.1) is 0 Å². The molecule has 0 fully saturated rings. The lowest BCUT2D eigenvalue weighted by Crippen LogP contribution is -2.27. The Kier molecular flexibility index (Phi) is 4.28. The molecule has 1 heterocycles. The van der Waals surface area contributed by atoms with Gasteiger partial charge in [-0.2, -0.15) is 5.10 Å². The van der Waals surface area contributed by atoms with E-state index < -0.39 is 0 Å². The molecule has 0 aromatic carbocycles. The first kappa shape index (κ1) is 13.7. The fourth-order valence-electron chi connectivity index (χ4n) is 1.16. The Morgan fingerprint density at radius 3 is 2.65 bits per heavy atom. The van der Waals surface area contributed by atoms with Crippen molar-refractivity contribution in [1.29, 1.82) is 0 Å². The molecule has 0 spiro atoms. The molecule has 0 atom stereocenters. The van der Waals surface area contributed by atoms with Gasteiger partial charge < -0.3 is 10.1 Å². The number of amides is 1. The van der Waals surface area contributed by atoms with Crippen molar-refractivity contribution in [1.82, 2.24) is 9.78 Å². The van der Waals surface area contributed by atoms with Gasteiger partial charge in [0.2, 0.25) is 5.91 Å². The van der Waals surface area contributed by atoms with Crippen molar-refractivity contribution < 1.29 is 9.53 Å². The predicted molar refractivity (Wildman–Crippen MR) is 66.9 cm³/mol. The summed E-state index contributed by atoms with van der Waals surface area (Å²) in [5.41, 5.74) is 0.389. The molecule has 5 heteroatoms. The van der Waals surface area contributed by atoms with Crippen LogP contribution in [-0.4, -0.2) is 27.9 Å². The Bertz CT molecular complexity index is 377. The van der Waals surface area contributed by atoms with Crippen molar-refractivity contribution in [2.45, 2.75) is 46.3 Å². The first-order valence-corrected chi connectivity index (χ1v) is 5.76. The van der Waals surface area contributed by atoms with Gasteiger partial charge in [-0.3, -0.25) is 9.48 Å². The Morgan fingerprint density at radius 2 is 2.18 bits per heavy atom. The molecule has 1 aromatic rings. The fourth-order valence-corrected chi connectivity index (χ4v) is 1.16. The van der Waals surface area contributed by atoms with Crippen LogP contribution in [0.1, 0.15) is 40.7 Å². The van der Waals surface area contributed by atoms with Gasteiger partial charge in [0.05, 0.1) is 17.5 Å². The lowest BCUT2D eigenvalue weighted by atomic mass is 10.2. The quantitative estimate of drug-likeness (QED) is 0.876. The highest BCUT2D eigenvalue weighted by molar-refractivity contribution is 5.91. The average molecular weight is 239 g/mol. The van der Waals surface area contributed by atoms with E-state index in [9.17, 15) is 4.79 Å². The van der Waals surface area contributed by atoms with Gasteiger partial charge in [-0.15, -0.1) is 0 Å². The largest absolute Gasteiger partial charge is 0.366 e. The van der Waals surface area contributed by atoms with Gasteiger partial charge in [0, 0.05) is 12.2 Å². The molecule has 1 aromatic heterocycles. The number of carbonyl (C=O) groups excluding carboxylic acids is 1. The van der Waals surface area contributed by atoms with Gasteiger partial charge in [-0.05, 0) is 34.6 Å². The van der Waals surface area contributed by atoms with Crippen LogP contribution in [0.3, 0.4) is 0 Å². The van der Waals surface area contributed by atoms with E-state index in [-0.39, 0.29) is 24.2 Å². The van der Waals surface area contributed by atoms with Crippen LogP contribution in [0.25, 0.3) is 0 Å². The number of nitrogens with one attached hydrogen (secondary N) is 1. The van der Waals surface area contributed by atoms with E-state index in [1.807, 2.05) is 34.6 Å². The minimum absolute atomic E-state index is 0.0519. The molecule has 5 nitrogen and oxygen atoms in total. The predicted octanol–water partition coefficient (Wildman–Crippen LogP) is 2.22. The summed E-state index contributed by atoms with van der Waals surface area (Å²) in [6, 6.07) is 0.284. The van der Waals surface area contributed by atoms with Crippen molar-refractivity contribution >= 4 is 11.6 Å². The van der Waals surface area contributed by atoms with E-state index >= 15 is 0 Å². The van der Waals surface area contributed by atoms with Gasteiger partial charge in [-0.25, -0.2) is 0 Å². The van der Waals surface area contributed by atoms with Crippen LogP contribution in [-0.2, 0) is 9.53 Å². The molecule has 0 saturated heterocycles. The van der Waals surface area contributed by atoms with Gasteiger partial charge in [-0.1, -0.05) is 0 Å². The zero-order valence-electron chi connectivity index (χ0n) is 11.2. The molecule has 17 heavy (non-hydrogen) atoms. The standard InChI is InChI=1S/C12H21N3O2/c1-9(2)15-7-10(6-13-15)14-11(16)8-17-12(3,4)5/h6-7,9H,8H2,1-5H3,(H,14,16). The molecule has 0 radical (unpaired) electrons. The summed E-state index contributed by atoms with van der Waals surface area (Å²) in [6.07, 6.45) is 3.44. The maximum Gasteiger partial charge on any atom is 0.250 e. The molecule has 1 amide bonds. The Labute approximate surface area is 102 Å². The zero-order valence-corrected chi connectivity index (χ0v) is 11.2. The summed E-state index contributed by atoms with van der Waals surface area (Å²) in [5, 5.41) is 6.88. The van der Waals surface area contributed by atoms with E-state index in [0.717, 1.165) is 0 Å². The minimum atomic E-state index is -0.306. The topological polar surface area (TPSA) is 56.2 Å². The van der Waals surface area contributed by atoms with E-state index in [1.54, 1.807) is 17.1 Å². The third kappa shape index (κ3) is 4.99. The average Bonchev–Trinajstić information content (AvgIpc) is 2.62. The van der Waals surface area contributed by atoms with E-state index in [4.69, 9.17) is 4.74 Å². The highest BCUT2D eigenvalue weighted by atomic mass is 16.5. The first-order valence-electron chi connectivity index (χ1n) is 5.76. The Hall–Kier alpha value is -1.36. The molecule has 0 saturated carbocycles. The van der Waals surface area contributed by atoms with E-state index in [1.165, 1.54) is 0 Å². The van der Waals surface area contributed by atoms with Gasteiger partial charge >= 0.3 is 0 Å². The molecular formula is C12H21N3O2. The molecule has 1 rings (SSSR count). The van der Waals surface area contributed by atoms with Crippen LogP contribution >= 0.6 is 0 Å². The summed E-state index contributed by atoms with van der Waals surface area (Å²) >= 11 is 0. The second-order valence-corrected chi connectivity index (χ2v) is 5.25. The zero-order chi connectivity index (χ0) is 13.1. The van der Waals surface area contributed by atoms with Gasteiger partial charge in [0.15, 0.2) is 0 Å². The molecule has 0 aliphatic carbocycles. The highest BCUT2D eigenvalue weighted by Crippen LogP contribution is 2.10. The lowest BCUT2D eigenvalue weighted by molar-refractivity contribution is -0.125. The summed E-state index contributed by atoms with van der Waals surface area (Å²) in [7, 11) is 0. The van der Waals surface area contributed by atoms with Crippen molar-refractivity contribution in [3.63, 3.8) is 0 Å². The van der Waals surface area contributed by atoms with Gasteiger partial charge in [0.1, 0.15) is 6.61 Å². The number of rotatable bonds is 4. The van der Waals surface area contributed by atoms with Crippen molar-refractivity contribution in [2.75, 3.05) is 11.9 Å². The van der Waals surface area contributed by atoms with Crippen LogP contribution < -0.4 is 5.32 Å². The van der Waals surface area contributed by atoms with Gasteiger partial charge in [0.25, 0.3) is 0 Å². The normalized spacial score (nSPS) is 11.9. The second kappa shape index (κ2) is 5.31. The monoisotopic (exact) mass is 239 g/mol. The molecular weight excluding hydrogens is 218 g/mol. The fraction of sp³-hybridized carbons (Fsp3) is 0.667. The summed E-state index contributed by atoms with van der Waals surface area (Å²) in [4.78, 5) is 11.6. The number of aromatic nitrogens is 2. The second-order valence-electron chi connectivity index (χ2n) is 5.25. The van der Waals surface area contributed by atoms with Crippen LogP contribution in [0.4, 0.5) is 5.69 Å². The summed E-state index contributed by atoms with van der Waals surface area (Å²) < 4.78 is 7.17. The Balaban J connectivity index is 2.45. The molecule has 0 bridgehead atoms. The smallest absolute Gasteiger partial charge is 0.250 e. The van der Waals surface area contributed by atoms with E-state index in [2.05, 4.69) is 10.4 Å². The van der Waals surface area contributed by atoms with E-state index in [0.29, 0.717) is 5.69 Å².